The number of nitrogens with zero attached hydrogens (tertiary/aromatic N) is 5. The number of para-hydroxylation sites is 2. The fourth-order valence-corrected chi connectivity index (χ4v) is 4.78. The number of aromatic nitrogens is 4. The van der Waals surface area contributed by atoms with Crippen molar-refractivity contribution in [2.24, 2.45) is 0 Å². The van der Waals surface area contributed by atoms with E-state index in [9.17, 15) is 4.79 Å². The minimum atomic E-state index is 0.552. The summed E-state index contributed by atoms with van der Waals surface area (Å²) in [4.78, 5) is 14.6. The van der Waals surface area contributed by atoms with Gasteiger partial charge >= 0.3 is 0 Å². The second kappa shape index (κ2) is 8.33. The van der Waals surface area contributed by atoms with Gasteiger partial charge in [0.05, 0.1) is 33.4 Å². The van der Waals surface area contributed by atoms with Crippen LogP contribution in [0.25, 0.3) is 39.1 Å². The number of piperidine rings is 1. The lowest BCUT2D eigenvalue weighted by molar-refractivity contribution is -0.103. The summed E-state index contributed by atoms with van der Waals surface area (Å²) in [5.74, 6) is 0. The predicted molar refractivity (Wildman–Crippen MR) is 132 cm³/mol. The van der Waals surface area contributed by atoms with Crippen LogP contribution in [-0.2, 0) is 4.79 Å². The standard InChI is InChI=1S/C27H25N5O2/c1-19-23-24-25(20(18-33)17-30-15-9-4-10-16-30)29-32(22-13-7-3-8-14-22)27(24)34-26(23)31(28-19)21-11-5-2-6-12-21/h2-3,5-8,11-14,17-18H,4,9-10,15-16H2,1H3/b20-17+. The van der Waals surface area contributed by atoms with Gasteiger partial charge in [0, 0.05) is 19.3 Å². The van der Waals surface area contributed by atoms with Gasteiger partial charge in [-0.1, -0.05) is 36.4 Å². The number of hydrogen-bond donors (Lipinski definition) is 0. The van der Waals surface area contributed by atoms with Crippen LogP contribution < -0.4 is 0 Å². The second-order valence-corrected chi connectivity index (χ2v) is 8.69. The molecule has 0 saturated carbocycles. The lowest BCUT2D eigenvalue weighted by Crippen LogP contribution is -2.24. The molecule has 1 saturated heterocycles. The minimum Gasteiger partial charge on any atom is -0.419 e. The van der Waals surface area contributed by atoms with Crippen molar-refractivity contribution >= 4 is 34.1 Å². The molecular formula is C27H25N5O2. The van der Waals surface area contributed by atoms with E-state index in [1.165, 1.54) is 6.42 Å². The van der Waals surface area contributed by atoms with Crippen LogP contribution in [0.5, 0.6) is 0 Å². The van der Waals surface area contributed by atoms with E-state index in [0.29, 0.717) is 22.7 Å². The van der Waals surface area contributed by atoms with Gasteiger partial charge < -0.3 is 9.32 Å². The largest absolute Gasteiger partial charge is 0.419 e. The van der Waals surface area contributed by atoms with Gasteiger partial charge in [0.2, 0.25) is 11.4 Å². The first-order chi connectivity index (χ1) is 16.7. The van der Waals surface area contributed by atoms with E-state index in [2.05, 4.69) is 4.90 Å². The number of aryl methyl sites for hydroxylation is 1. The van der Waals surface area contributed by atoms with Crippen molar-refractivity contribution in [1.29, 1.82) is 0 Å². The van der Waals surface area contributed by atoms with Gasteiger partial charge in [-0.05, 0) is 50.5 Å². The quantitative estimate of drug-likeness (QED) is 0.268. The number of fused-ring (bicyclic) bond motifs is 3. The van der Waals surface area contributed by atoms with Crippen LogP contribution in [-0.4, -0.2) is 43.8 Å². The zero-order chi connectivity index (χ0) is 23.1. The highest BCUT2D eigenvalue weighted by Gasteiger charge is 2.27. The van der Waals surface area contributed by atoms with Crippen molar-refractivity contribution in [2.75, 3.05) is 13.1 Å². The Morgan fingerprint density at radius 2 is 1.41 bits per heavy atom. The highest BCUT2D eigenvalue weighted by atomic mass is 16.4. The Hall–Kier alpha value is -4.13. The minimum absolute atomic E-state index is 0.552. The van der Waals surface area contributed by atoms with Gasteiger partial charge in [0.15, 0.2) is 6.29 Å². The number of aldehydes is 1. The van der Waals surface area contributed by atoms with Crippen molar-refractivity contribution in [1.82, 2.24) is 24.5 Å². The van der Waals surface area contributed by atoms with Crippen molar-refractivity contribution in [3.8, 4) is 11.4 Å². The third-order valence-electron chi connectivity index (χ3n) is 6.42. The van der Waals surface area contributed by atoms with E-state index >= 15 is 0 Å². The number of likely N-dealkylation sites (tertiary alicyclic amines) is 1. The lowest BCUT2D eigenvalue weighted by Gasteiger charge is -2.25. The van der Waals surface area contributed by atoms with Crippen LogP contribution >= 0.6 is 0 Å². The Morgan fingerprint density at radius 1 is 0.824 bits per heavy atom. The molecule has 4 heterocycles. The molecule has 170 valence electrons. The molecule has 7 heteroatoms. The van der Waals surface area contributed by atoms with Crippen LogP contribution in [0.1, 0.15) is 30.7 Å². The molecule has 3 aromatic heterocycles. The molecule has 0 bridgehead atoms. The third-order valence-corrected chi connectivity index (χ3v) is 6.42. The second-order valence-electron chi connectivity index (χ2n) is 8.69. The van der Waals surface area contributed by atoms with Crippen LogP contribution in [0.2, 0.25) is 0 Å². The first-order valence-corrected chi connectivity index (χ1v) is 11.7. The molecule has 0 amide bonds. The Labute approximate surface area is 196 Å². The lowest BCUT2D eigenvalue weighted by atomic mass is 10.1. The van der Waals surface area contributed by atoms with Crippen LogP contribution in [0.4, 0.5) is 0 Å². The molecule has 5 aromatic rings. The zero-order valence-corrected chi connectivity index (χ0v) is 19.0. The van der Waals surface area contributed by atoms with Gasteiger partial charge in [-0.25, -0.2) is 0 Å². The Kier molecular flexibility index (Phi) is 5.02. The molecule has 1 aliphatic heterocycles. The molecule has 0 spiro atoms. The number of furan rings is 1. The van der Waals surface area contributed by atoms with E-state index < -0.39 is 0 Å². The van der Waals surface area contributed by atoms with E-state index in [4.69, 9.17) is 14.6 Å². The van der Waals surface area contributed by atoms with E-state index in [1.54, 1.807) is 4.68 Å². The number of carbonyl (C=O) groups excluding carboxylic acids is 1. The summed E-state index contributed by atoms with van der Waals surface area (Å²) in [6, 6.07) is 19.8. The molecule has 7 nitrogen and oxygen atoms in total. The Morgan fingerprint density at radius 3 is 2.03 bits per heavy atom. The normalized spacial score (nSPS) is 14.9. The number of allylic oxidation sites excluding steroid dienone is 1. The molecule has 0 unspecified atom stereocenters. The number of rotatable bonds is 5. The highest BCUT2D eigenvalue weighted by molar-refractivity contribution is 6.17. The molecule has 0 atom stereocenters. The van der Waals surface area contributed by atoms with Gasteiger partial charge in [-0.2, -0.15) is 19.6 Å². The molecule has 0 aliphatic carbocycles. The monoisotopic (exact) mass is 451 g/mol. The van der Waals surface area contributed by atoms with Crippen molar-refractivity contribution in [3.05, 3.63) is 78.3 Å². The van der Waals surface area contributed by atoms with Crippen LogP contribution in [0.3, 0.4) is 0 Å². The zero-order valence-electron chi connectivity index (χ0n) is 19.0. The third kappa shape index (κ3) is 3.32. The van der Waals surface area contributed by atoms with E-state index in [1.807, 2.05) is 78.5 Å². The van der Waals surface area contributed by atoms with E-state index in [0.717, 1.165) is 60.1 Å². The van der Waals surface area contributed by atoms with Crippen molar-refractivity contribution in [3.63, 3.8) is 0 Å². The van der Waals surface area contributed by atoms with Crippen molar-refractivity contribution in [2.45, 2.75) is 26.2 Å². The van der Waals surface area contributed by atoms with Crippen molar-refractivity contribution < 1.29 is 9.21 Å². The van der Waals surface area contributed by atoms with Crippen LogP contribution in [0, 0.1) is 6.92 Å². The van der Waals surface area contributed by atoms with Gasteiger partial charge in [0.1, 0.15) is 5.69 Å². The molecule has 2 aromatic carbocycles. The summed E-state index contributed by atoms with van der Waals surface area (Å²) in [5.41, 5.74) is 5.03. The summed E-state index contributed by atoms with van der Waals surface area (Å²) in [7, 11) is 0. The number of hydrogen-bond acceptors (Lipinski definition) is 5. The summed E-state index contributed by atoms with van der Waals surface area (Å²) in [6.07, 6.45) is 6.36. The molecule has 34 heavy (non-hydrogen) atoms. The molecule has 6 rings (SSSR count). The maximum absolute atomic E-state index is 12.3. The topological polar surface area (TPSA) is 69.1 Å². The van der Waals surface area contributed by atoms with Crippen LogP contribution in [0.15, 0.2) is 71.3 Å². The molecule has 0 radical (unpaired) electrons. The Bertz CT molecular complexity index is 1500. The number of carbonyl (C=O) groups is 1. The first-order valence-electron chi connectivity index (χ1n) is 11.7. The summed E-state index contributed by atoms with van der Waals surface area (Å²) in [5, 5.41) is 11.3. The van der Waals surface area contributed by atoms with E-state index in [-0.39, 0.29) is 0 Å². The molecular weight excluding hydrogens is 426 g/mol. The SMILES string of the molecule is Cc1nn(-c2ccccc2)c2oc3c(c(/C(C=O)=C/N4CCCCC4)nn3-c3ccccc3)c12. The maximum Gasteiger partial charge on any atom is 0.233 e. The summed E-state index contributed by atoms with van der Waals surface area (Å²) >= 11 is 0. The maximum atomic E-state index is 12.3. The Balaban J connectivity index is 1.63. The van der Waals surface area contributed by atoms with Gasteiger partial charge in [0.25, 0.3) is 0 Å². The molecule has 1 fully saturated rings. The predicted octanol–water partition coefficient (Wildman–Crippen LogP) is 5.29. The average Bonchev–Trinajstić information content (AvgIpc) is 3.54. The smallest absolute Gasteiger partial charge is 0.233 e. The fraction of sp³-hybridized carbons (Fsp3) is 0.222. The summed E-state index contributed by atoms with van der Waals surface area (Å²) < 4.78 is 10.1. The van der Waals surface area contributed by atoms with Gasteiger partial charge in [-0.3, -0.25) is 4.79 Å². The highest BCUT2D eigenvalue weighted by Crippen LogP contribution is 2.38. The molecule has 1 aliphatic rings. The van der Waals surface area contributed by atoms with Gasteiger partial charge in [-0.15, -0.1) is 0 Å². The first kappa shape index (κ1) is 20.5. The summed E-state index contributed by atoms with van der Waals surface area (Å²) in [6.45, 7) is 3.87. The average molecular weight is 452 g/mol. The molecule has 0 N–H and O–H groups in total. The number of benzene rings is 2. The fourth-order valence-electron chi connectivity index (χ4n) is 4.78.